The first-order chi connectivity index (χ1) is 10.6. The lowest BCUT2D eigenvalue weighted by Crippen LogP contribution is -2.47. The van der Waals surface area contributed by atoms with Crippen molar-refractivity contribution < 1.29 is 4.79 Å². The Morgan fingerprint density at radius 2 is 2.00 bits per heavy atom. The number of piperazine rings is 1. The Labute approximate surface area is 133 Å². The van der Waals surface area contributed by atoms with Crippen LogP contribution in [0.5, 0.6) is 0 Å². The van der Waals surface area contributed by atoms with Crippen molar-refractivity contribution in [1.82, 2.24) is 10.2 Å². The summed E-state index contributed by atoms with van der Waals surface area (Å²) in [7, 11) is 0. The van der Waals surface area contributed by atoms with Gasteiger partial charge >= 0.3 is 0 Å². The minimum absolute atomic E-state index is 0.108. The van der Waals surface area contributed by atoms with E-state index in [9.17, 15) is 4.79 Å². The Kier molecular flexibility index (Phi) is 6.01. The molecule has 1 saturated heterocycles. The van der Waals surface area contributed by atoms with E-state index in [0.29, 0.717) is 13.0 Å². The fourth-order valence-electron chi connectivity index (χ4n) is 2.82. The van der Waals surface area contributed by atoms with E-state index in [1.165, 1.54) is 16.8 Å². The van der Waals surface area contributed by atoms with Gasteiger partial charge in [-0.1, -0.05) is 18.2 Å². The third kappa shape index (κ3) is 4.34. The summed E-state index contributed by atoms with van der Waals surface area (Å²) in [5.41, 5.74) is 4.07. The summed E-state index contributed by atoms with van der Waals surface area (Å²) in [4.78, 5) is 16.4. The fraction of sp³-hybridized carbons (Fsp3) is 0.500. The number of amides is 1. The number of aryl methyl sites for hydroxylation is 1. The predicted octanol–water partition coefficient (Wildman–Crippen LogP) is 2.12. The van der Waals surface area contributed by atoms with Crippen LogP contribution in [0.4, 0.5) is 5.69 Å². The molecule has 1 aliphatic heterocycles. The van der Waals surface area contributed by atoms with Gasteiger partial charge in [0.15, 0.2) is 0 Å². The maximum absolute atomic E-state index is 11.6. The summed E-state index contributed by atoms with van der Waals surface area (Å²) in [5.74, 6) is 0.108. The summed E-state index contributed by atoms with van der Waals surface area (Å²) in [5, 5.41) is 2.83. The van der Waals surface area contributed by atoms with Crippen LogP contribution in [0, 0.1) is 13.8 Å². The zero-order chi connectivity index (χ0) is 15.9. The molecule has 1 aromatic carbocycles. The van der Waals surface area contributed by atoms with Crippen molar-refractivity contribution in [2.24, 2.45) is 0 Å². The van der Waals surface area contributed by atoms with Crippen LogP contribution >= 0.6 is 0 Å². The SMILES string of the molecule is C=CCNC(=O)CCN1CCN(c2cccc(C)c2C)CC1. The van der Waals surface area contributed by atoms with Crippen molar-refractivity contribution in [1.29, 1.82) is 0 Å². The second kappa shape index (κ2) is 7.99. The lowest BCUT2D eigenvalue weighted by Gasteiger charge is -2.37. The molecule has 1 heterocycles. The molecule has 1 aliphatic rings. The zero-order valence-corrected chi connectivity index (χ0v) is 13.8. The van der Waals surface area contributed by atoms with Crippen molar-refractivity contribution >= 4 is 11.6 Å². The molecular formula is C18H27N3O. The lowest BCUT2D eigenvalue weighted by atomic mass is 10.1. The van der Waals surface area contributed by atoms with E-state index in [1.54, 1.807) is 6.08 Å². The van der Waals surface area contributed by atoms with E-state index in [2.05, 4.69) is 53.7 Å². The van der Waals surface area contributed by atoms with Crippen molar-refractivity contribution in [2.75, 3.05) is 44.2 Å². The van der Waals surface area contributed by atoms with Crippen molar-refractivity contribution in [3.63, 3.8) is 0 Å². The lowest BCUT2D eigenvalue weighted by molar-refractivity contribution is -0.121. The highest BCUT2D eigenvalue weighted by Gasteiger charge is 2.19. The molecule has 0 aromatic heterocycles. The second-order valence-corrected chi connectivity index (χ2v) is 5.89. The minimum Gasteiger partial charge on any atom is -0.369 e. The minimum atomic E-state index is 0.108. The summed E-state index contributed by atoms with van der Waals surface area (Å²) >= 11 is 0. The van der Waals surface area contributed by atoms with Gasteiger partial charge in [0.25, 0.3) is 0 Å². The topological polar surface area (TPSA) is 35.6 Å². The molecule has 1 N–H and O–H groups in total. The maximum Gasteiger partial charge on any atom is 0.221 e. The zero-order valence-electron chi connectivity index (χ0n) is 13.8. The van der Waals surface area contributed by atoms with E-state index < -0.39 is 0 Å². The Hall–Kier alpha value is -1.81. The molecular weight excluding hydrogens is 274 g/mol. The monoisotopic (exact) mass is 301 g/mol. The molecule has 0 bridgehead atoms. The summed E-state index contributed by atoms with van der Waals surface area (Å²) in [6.45, 7) is 13.4. The third-order valence-electron chi connectivity index (χ3n) is 4.39. The second-order valence-electron chi connectivity index (χ2n) is 5.89. The molecule has 4 nitrogen and oxygen atoms in total. The van der Waals surface area contributed by atoms with Gasteiger partial charge < -0.3 is 10.2 Å². The Morgan fingerprint density at radius 3 is 2.68 bits per heavy atom. The van der Waals surface area contributed by atoms with Gasteiger partial charge in [0.2, 0.25) is 5.91 Å². The number of benzene rings is 1. The van der Waals surface area contributed by atoms with Crippen LogP contribution in [-0.2, 0) is 4.79 Å². The van der Waals surface area contributed by atoms with Gasteiger partial charge in [-0.15, -0.1) is 6.58 Å². The Bertz CT molecular complexity index is 519. The average Bonchev–Trinajstić information content (AvgIpc) is 2.54. The third-order valence-corrected chi connectivity index (χ3v) is 4.39. The number of carbonyl (C=O) groups is 1. The van der Waals surface area contributed by atoms with E-state index >= 15 is 0 Å². The van der Waals surface area contributed by atoms with E-state index in [4.69, 9.17) is 0 Å². The molecule has 2 rings (SSSR count). The van der Waals surface area contributed by atoms with Gasteiger partial charge in [-0.3, -0.25) is 9.69 Å². The predicted molar refractivity (Wildman–Crippen MR) is 92.4 cm³/mol. The fourth-order valence-corrected chi connectivity index (χ4v) is 2.82. The normalized spacial score (nSPS) is 15.6. The first-order valence-corrected chi connectivity index (χ1v) is 8.03. The van der Waals surface area contributed by atoms with Crippen LogP contribution in [0.3, 0.4) is 0 Å². The van der Waals surface area contributed by atoms with E-state index in [0.717, 1.165) is 32.7 Å². The highest BCUT2D eigenvalue weighted by atomic mass is 16.1. The molecule has 0 unspecified atom stereocenters. The van der Waals surface area contributed by atoms with Crippen LogP contribution in [0.1, 0.15) is 17.5 Å². The molecule has 120 valence electrons. The number of hydrogen-bond acceptors (Lipinski definition) is 3. The smallest absolute Gasteiger partial charge is 0.221 e. The first-order valence-electron chi connectivity index (χ1n) is 8.03. The van der Waals surface area contributed by atoms with Crippen molar-refractivity contribution in [3.05, 3.63) is 42.0 Å². The highest BCUT2D eigenvalue weighted by Crippen LogP contribution is 2.23. The first kappa shape index (κ1) is 16.6. The summed E-state index contributed by atoms with van der Waals surface area (Å²) < 4.78 is 0. The van der Waals surface area contributed by atoms with Crippen LogP contribution in [0.15, 0.2) is 30.9 Å². The molecule has 0 radical (unpaired) electrons. The largest absolute Gasteiger partial charge is 0.369 e. The van der Waals surface area contributed by atoms with Gasteiger partial charge in [0.1, 0.15) is 0 Å². The number of rotatable bonds is 6. The molecule has 0 aliphatic carbocycles. The molecule has 0 saturated carbocycles. The molecule has 1 amide bonds. The number of hydrogen-bond donors (Lipinski definition) is 1. The molecule has 4 heteroatoms. The van der Waals surface area contributed by atoms with Crippen LogP contribution in [0.25, 0.3) is 0 Å². The Balaban J connectivity index is 1.79. The van der Waals surface area contributed by atoms with Gasteiger partial charge in [-0.25, -0.2) is 0 Å². The number of nitrogens with zero attached hydrogens (tertiary/aromatic N) is 2. The van der Waals surface area contributed by atoms with Crippen LogP contribution in [0.2, 0.25) is 0 Å². The number of nitrogens with one attached hydrogen (secondary N) is 1. The number of carbonyl (C=O) groups excluding carboxylic acids is 1. The van der Waals surface area contributed by atoms with Gasteiger partial charge in [0, 0.05) is 51.4 Å². The summed E-state index contributed by atoms with van der Waals surface area (Å²) in [6, 6.07) is 6.51. The molecule has 22 heavy (non-hydrogen) atoms. The summed E-state index contributed by atoms with van der Waals surface area (Å²) in [6.07, 6.45) is 2.28. The van der Waals surface area contributed by atoms with Crippen molar-refractivity contribution in [2.45, 2.75) is 20.3 Å². The van der Waals surface area contributed by atoms with Gasteiger partial charge in [-0.05, 0) is 31.0 Å². The molecule has 0 atom stereocenters. The van der Waals surface area contributed by atoms with Crippen LogP contribution < -0.4 is 10.2 Å². The molecule has 1 fully saturated rings. The standard InChI is InChI=1S/C18H27N3O/c1-4-9-19-18(22)8-10-20-11-13-21(14-12-20)17-7-5-6-15(2)16(17)3/h4-7H,1,8-14H2,2-3H3,(H,19,22). The maximum atomic E-state index is 11.6. The Morgan fingerprint density at radius 1 is 1.27 bits per heavy atom. The molecule has 0 spiro atoms. The molecule has 1 aromatic rings. The van der Waals surface area contributed by atoms with E-state index in [1.807, 2.05) is 0 Å². The number of anilines is 1. The van der Waals surface area contributed by atoms with Gasteiger partial charge in [0.05, 0.1) is 0 Å². The van der Waals surface area contributed by atoms with Crippen molar-refractivity contribution in [3.8, 4) is 0 Å². The van der Waals surface area contributed by atoms with Crippen LogP contribution in [-0.4, -0.2) is 50.1 Å². The average molecular weight is 301 g/mol. The quantitative estimate of drug-likeness (QED) is 0.818. The van der Waals surface area contributed by atoms with Gasteiger partial charge in [-0.2, -0.15) is 0 Å². The van der Waals surface area contributed by atoms with E-state index in [-0.39, 0.29) is 5.91 Å². The highest BCUT2D eigenvalue weighted by molar-refractivity contribution is 5.76.